The van der Waals surface area contributed by atoms with Gasteiger partial charge >= 0.3 is 5.97 Å². The predicted molar refractivity (Wildman–Crippen MR) is 80.2 cm³/mol. The van der Waals surface area contributed by atoms with Crippen molar-refractivity contribution in [3.05, 3.63) is 35.4 Å². The molecule has 0 amide bonds. The maximum atomic E-state index is 10.4. The highest BCUT2D eigenvalue weighted by Crippen LogP contribution is 2.04. The zero-order chi connectivity index (χ0) is 16.5. The average molecular weight is 295 g/mol. The smallest absolute Gasteiger partial charge is 0.335 e. The Hall–Kier alpha value is -1.88. The van der Waals surface area contributed by atoms with Crippen molar-refractivity contribution in [3.63, 3.8) is 0 Å². The number of hydrogen-bond acceptors (Lipinski definition) is 3. The standard InChI is InChI=1S/C8H20N.C8H6O4/c1-5-9(6-2,7-3)8-4;9-7(10)5-2-1-3-6(4-5)8(11)12/h5-8H2,1-4H3;1-4H,(H,9,10)(H,11,12)/q+1;/p-1. The minimum Gasteiger partial charge on any atom is -0.545 e. The van der Waals surface area contributed by atoms with Crippen LogP contribution in [0.1, 0.15) is 48.4 Å². The van der Waals surface area contributed by atoms with Crippen molar-refractivity contribution in [3.8, 4) is 0 Å². The molecule has 0 radical (unpaired) electrons. The second-order valence-electron chi connectivity index (χ2n) is 4.78. The Balaban J connectivity index is 0.000000400. The second kappa shape index (κ2) is 9.13. The summed E-state index contributed by atoms with van der Waals surface area (Å²) < 4.78 is 1.28. The minimum absolute atomic E-state index is 0.0586. The number of aromatic carboxylic acids is 2. The van der Waals surface area contributed by atoms with E-state index in [1.807, 2.05) is 0 Å². The quantitative estimate of drug-likeness (QED) is 0.809. The Bertz CT molecular complexity index is 420. The van der Waals surface area contributed by atoms with Gasteiger partial charge in [-0.3, -0.25) is 0 Å². The molecular weight excluding hydrogens is 270 g/mol. The first-order valence-corrected chi connectivity index (χ1v) is 7.25. The van der Waals surface area contributed by atoms with Crippen molar-refractivity contribution in [2.75, 3.05) is 26.2 Å². The summed E-state index contributed by atoms with van der Waals surface area (Å²) in [5, 5.41) is 18.7. The van der Waals surface area contributed by atoms with E-state index in [2.05, 4.69) is 27.7 Å². The van der Waals surface area contributed by atoms with E-state index < -0.39 is 11.9 Å². The molecule has 0 saturated heterocycles. The van der Waals surface area contributed by atoms with Crippen LogP contribution in [0.5, 0.6) is 0 Å². The molecule has 0 spiro atoms. The van der Waals surface area contributed by atoms with Crippen molar-refractivity contribution in [2.45, 2.75) is 27.7 Å². The Labute approximate surface area is 126 Å². The molecule has 0 aliphatic carbocycles. The number of carbonyl (C=O) groups is 2. The van der Waals surface area contributed by atoms with E-state index in [1.54, 1.807) is 0 Å². The fourth-order valence-electron chi connectivity index (χ4n) is 2.12. The summed E-state index contributed by atoms with van der Waals surface area (Å²) in [7, 11) is 0. The maximum absolute atomic E-state index is 10.4. The van der Waals surface area contributed by atoms with Gasteiger partial charge in [-0.1, -0.05) is 12.1 Å². The fourth-order valence-corrected chi connectivity index (χ4v) is 2.12. The predicted octanol–water partition coefficient (Wildman–Crippen LogP) is 1.63. The van der Waals surface area contributed by atoms with Crippen LogP contribution < -0.4 is 5.11 Å². The monoisotopic (exact) mass is 295 g/mol. The van der Waals surface area contributed by atoms with Crippen LogP contribution in [0.3, 0.4) is 0 Å². The second-order valence-corrected chi connectivity index (χ2v) is 4.78. The Morgan fingerprint density at radius 2 is 1.43 bits per heavy atom. The third-order valence-electron chi connectivity index (χ3n) is 4.03. The van der Waals surface area contributed by atoms with Gasteiger partial charge in [0, 0.05) is 0 Å². The molecule has 21 heavy (non-hydrogen) atoms. The molecule has 0 bridgehead atoms. The van der Waals surface area contributed by atoms with E-state index in [0.29, 0.717) is 0 Å². The summed E-state index contributed by atoms with van der Waals surface area (Å²) in [5.74, 6) is -2.53. The third kappa shape index (κ3) is 5.95. The topological polar surface area (TPSA) is 77.4 Å². The molecule has 0 aromatic heterocycles. The number of carbonyl (C=O) groups excluding carboxylic acids is 1. The highest BCUT2D eigenvalue weighted by molar-refractivity contribution is 5.92. The van der Waals surface area contributed by atoms with E-state index >= 15 is 0 Å². The lowest BCUT2D eigenvalue weighted by Crippen LogP contribution is -2.47. The Morgan fingerprint density at radius 1 is 1.00 bits per heavy atom. The number of nitrogens with zero attached hydrogens (tertiary/aromatic N) is 1. The molecule has 0 atom stereocenters. The van der Waals surface area contributed by atoms with Crippen molar-refractivity contribution in [1.82, 2.24) is 0 Å². The number of quaternary nitrogens is 1. The number of benzene rings is 1. The van der Waals surface area contributed by atoms with E-state index in [-0.39, 0.29) is 11.1 Å². The molecule has 1 aromatic rings. The van der Waals surface area contributed by atoms with Crippen molar-refractivity contribution in [2.24, 2.45) is 0 Å². The number of carboxylic acid groups (broad SMARTS) is 2. The largest absolute Gasteiger partial charge is 0.545 e. The van der Waals surface area contributed by atoms with Crippen LogP contribution in [0, 0.1) is 0 Å². The fraction of sp³-hybridized carbons (Fsp3) is 0.500. The summed E-state index contributed by atoms with van der Waals surface area (Å²) in [5.41, 5.74) is -0.188. The molecule has 5 heteroatoms. The van der Waals surface area contributed by atoms with E-state index in [9.17, 15) is 14.7 Å². The number of rotatable bonds is 6. The molecular formula is C16H25NO4. The zero-order valence-corrected chi connectivity index (χ0v) is 13.3. The number of hydrogen-bond donors (Lipinski definition) is 1. The summed E-state index contributed by atoms with van der Waals surface area (Å²) >= 11 is 0. The maximum Gasteiger partial charge on any atom is 0.335 e. The molecule has 1 N–H and O–H groups in total. The van der Waals surface area contributed by atoms with Crippen LogP contribution in [-0.4, -0.2) is 47.7 Å². The Morgan fingerprint density at radius 3 is 1.71 bits per heavy atom. The van der Waals surface area contributed by atoms with E-state index in [0.717, 1.165) is 6.07 Å². The van der Waals surface area contributed by atoms with Crippen LogP contribution in [0.4, 0.5) is 0 Å². The van der Waals surface area contributed by atoms with Crippen molar-refractivity contribution >= 4 is 11.9 Å². The normalized spacial score (nSPS) is 10.5. The molecule has 0 heterocycles. The minimum atomic E-state index is -1.38. The van der Waals surface area contributed by atoms with Crippen molar-refractivity contribution < 1.29 is 24.3 Å². The first-order valence-electron chi connectivity index (χ1n) is 7.25. The molecule has 0 fully saturated rings. The molecule has 0 saturated carbocycles. The van der Waals surface area contributed by atoms with Gasteiger partial charge in [0.15, 0.2) is 0 Å². The molecule has 5 nitrogen and oxygen atoms in total. The van der Waals surface area contributed by atoms with Crippen LogP contribution in [-0.2, 0) is 0 Å². The molecule has 0 aliphatic rings. The average Bonchev–Trinajstić information content (AvgIpc) is 2.51. The first-order chi connectivity index (χ1) is 9.85. The Kier molecular flexibility index (Phi) is 8.31. The summed E-state index contributed by atoms with van der Waals surface area (Å²) in [4.78, 5) is 20.6. The lowest BCUT2D eigenvalue weighted by molar-refractivity contribution is -0.921. The van der Waals surface area contributed by atoms with Gasteiger partial charge in [-0.2, -0.15) is 0 Å². The van der Waals surface area contributed by atoms with E-state index in [4.69, 9.17) is 5.11 Å². The zero-order valence-electron chi connectivity index (χ0n) is 13.3. The number of carboxylic acids is 2. The lowest BCUT2D eigenvalue weighted by atomic mass is 10.1. The SMILES string of the molecule is CC[N+](CC)(CC)CC.O=C([O-])c1cccc(C(=O)O)c1. The molecule has 118 valence electrons. The van der Waals surface area contributed by atoms with Crippen LogP contribution in [0.25, 0.3) is 0 Å². The van der Waals surface area contributed by atoms with Gasteiger partial charge in [-0.15, -0.1) is 0 Å². The molecule has 0 aliphatic heterocycles. The van der Waals surface area contributed by atoms with Gasteiger partial charge in [-0.05, 0) is 45.4 Å². The van der Waals surface area contributed by atoms with Crippen molar-refractivity contribution in [1.29, 1.82) is 0 Å². The summed E-state index contributed by atoms with van der Waals surface area (Å²) in [6.45, 7) is 14.2. The highest BCUT2D eigenvalue weighted by Gasteiger charge is 2.16. The van der Waals surface area contributed by atoms with Gasteiger partial charge in [-0.25, -0.2) is 4.79 Å². The van der Waals surface area contributed by atoms with Crippen LogP contribution >= 0.6 is 0 Å². The van der Waals surface area contributed by atoms with Crippen LogP contribution in [0.15, 0.2) is 24.3 Å². The van der Waals surface area contributed by atoms with Gasteiger partial charge in [0.25, 0.3) is 0 Å². The summed E-state index contributed by atoms with van der Waals surface area (Å²) in [6, 6.07) is 5.00. The van der Waals surface area contributed by atoms with Gasteiger partial charge in [0.2, 0.25) is 0 Å². The lowest BCUT2D eigenvalue weighted by Gasteiger charge is -2.34. The molecule has 1 rings (SSSR count). The first kappa shape index (κ1) is 19.1. The summed E-state index contributed by atoms with van der Waals surface area (Å²) in [6.07, 6.45) is 0. The van der Waals surface area contributed by atoms with Gasteiger partial charge in [0.1, 0.15) is 0 Å². The van der Waals surface area contributed by atoms with E-state index in [1.165, 1.54) is 48.9 Å². The van der Waals surface area contributed by atoms with Gasteiger partial charge < -0.3 is 19.5 Å². The highest BCUT2D eigenvalue weighted by atomic mass is 16.4. The van der Waals surface area contributed by atoms with Crippen LogP contribution in [0.2, 0.25) is 0 Å². The third-order valence-corrected chi connectivity index (χ3v) is 4.03. The molecule has 1 aromatic carbocycles. The molecule has 0 unspecified atom stereocenters. The van der Waals surface area contributed by atoms with Gasteiger partial charge in [0.05, 0.1) is 37.7 Å².